The van der Waals surface area contributed by atoms with Gasteiger partial charge >= 0.3 is 39.5 Å². The minimum absolute atomic E-state index is 0.107. The summed E-state index contributed by atoms with van der Waals surface area (Å²) >= 11 is 0. The Balaban J connectivity index is 5.16. The van der Waals surface area contributed by atoms with Gasteiger partial charge in [-0.1, -0.05) is 343 Å². The minimum atomic E-state index is -4.95. The van der Waals surface area contributed by atoms with Crippen molar-refractivity contribution in [3.8, 4) is 0 Å². The average molecular weight is 1380 g/mol. The molecule has 94 heavy (non-hydrogen) atoms. The van der Waals surface area contributed by atoms with Gasteiger partial charge in [0.25, 0.3) is 0 Å². The predicted molar refractivity (Wildman–Crippen MR) is 382 cm³/mol. The molecule has 0 spiro atoms. The van der Waals surface area contributed by atoms with Crippen LogP contribution in [0.3, 0.4) is 0 Å². The zero-order chi connectivity index (χ0) is 69.1. The smallest absolute Gasteiger partial charge is 0.462 e. The van der Waals surface area contributed by atoms with Crippen molar-refractivity contribution in [1.82, 2.24) is 0 Å². The summed E-state index contributed by atoms with van der Waals surface area (Å²) in [6.45, 7) is 7.26. The number of aliphatic hydroxyl groups excluding tert-OH is 1. The molecule has 3 unspecified atom stereocenters. The van der Waals surface area contributed by atoms with E-state index < -0.39 is 97.5 Å². The highest BCUT2D eigenvalue weighted by molar-refractivity contribution is 7.47. The van der Waals surface area contributed by atoms with E-state index >= 15 is 0 Å². The molecule has 0 aromatic rings. The maximum atomic E-state index is 13.1. The topological polar surface area (TPSA) is 237 Å². The predicted octanol–water partition coefficient (Wildman–Crippen LogP) is 22.1. The number of hydrogen-bond donors (Lipinski definition) is 3. The van der Waals surface area contributed by atoms with Crippen LogP contribution < -0.4 is 0 Å². The molecular weight excluding hydrogens is 1230 g/mol. The molecule has 0 amide bonds. The first-order valence-corrected chi connectivity index (χ1v) is 42.2. The molecule has 0 saturated carbocycles. The van der Waals surface area contributed by atoms with Crippen molar-refractivity contribution in [3.63, 3.8) is 0 Å². The number of phosphoric ester groups is 2. The van der Waals surface area contributed by atoms with Gasteiger partial charge in [-0.2, -0.15) is 0 Å². The van der Waals surface area contributed by atoms with Crippen LogP contribution in [0, 0.1) is 5.92 Å². The van der Waals surface area contributed by atoms with Crippen LogP contribution in [0.4, 0.5) is 0 Å². The summed E-state index contributed by atoms with van der Waals surface area (Å²) in [6.07, 6.45) is 57.0. The van der Waals surface area contributed by atoms with E-state index in [0.717, 1.165) is 95.8 Å². The SMILES string of the molecule is CCCCCCCCCCCCCCCCCCCCCCCCC(=O)O[C@H](COC(=O)CCCCCCCCCCC(C)CC)COP(=O)(O)OC[C@@H](O)COP(=O)(O)OC[C@@H](COC(=O)CCCCCCCCCCC)OC(=O)CCCCCCCCCCCCC. The normalized spacial score (nSPS) is 14.3. The van der Waals surface area contributed by atoms with Gasteiger partial charge in [-0.15, -0.1) is 0 Å². The van der Waals surface area contributed by atoms with Crippen molar-refractivity contribution in [2.75, 3.05) is 39.6 Å². The summed E-state index contributed by atoms with van der Waals surface area (Å²) in [5.41, 5.74) is 0. The molecule has 0 fully saturated rings. The Morgan fingerprint density at radius 1 is 0.298 bits per heavy atom. The number of aliphatic hydroxyl groups is 1. The third-order valence-corrected chi connectivity index (χ3v) is 19.8. The molecule has 0 saturated heterocycles. The molecule has 0 aromatic carbocycles. The van der Waals surface area contributed by atoms with Crippen LogP contribution in [-0.4, -0.2) is 96.7 Å². The van der Waals surface area contributed by atoms with Crippen molar-refractivity contribution in [2.24, 2.45) is 5.92 Å². The molecule has 0 aliphatic heterocycles. The molecule has 0 rings (SSSR count). The van der Waals surface area contributed by atoms with Crippen molar-refractivity contribution < 1.29 is 80.2 Å². The third-order valence-electron chi connectivity index (χ3n) is 17.9. The van der Waals surface area contributed by atoms with Gasteiger partial charge in [0, 0.05) is 25.7 Å². The molecule has 0 radical (unpaired) electrons. The van der Waals surface area contributed by atoms with E-state index in [0.29, 0.717) is 25.7 Å². The average Bonchev–Trinajstić information content (AvgIpc) is 3.07. The maximum Gasteiger partial charge on any atom is 0.472 e. The molecule has 0 aliphatic rings. The fourth-order valence-corrected chi connectivity index (χ4v) is 13.1. The number of carbonyl (C=O) groups is 4. The Labute approximate surface area is 575 Å². The van der Waals surface area contributed by atoms with Gasteiger partial charge in [-0.25, -0.2) is 9.13 Å². The molecule has 6 atom stereocenters. The third kappa shape index (κ3) is 67.3. The lowest BCUT2D eigenvalue weighted by Crippen LogP contribution is -2.30. The van der Waals surface area contributed by atoms with Crippen LogP contribution in [-0.2, 0) is 65.4 Å². The number of rotatable bonds is 75. The summed E-state index contributed by atoms with van der Waals surface area (Å²) in [7, 11) is -9.90. The summed E-state index contributed by atoms with van der Waals surface area (Å²) < 4.78 is 68.4. The largest absolute Gasteiger partial charge is 0.472 e. The van der Waals surface area contributed by atoms with Gasteiger partial charge in [0.05, 0.1) is 26.4 Å². The number of phosphoric acid groups is 2. The summed E-state index contributed by atoms with van der Waals surface area (Å²) in [5, 5.41) is 10.6. The van der Waals surface area contributed by atoms with Crippen molar-refractivity contribution in [1.29, 1.82) is 0 Å². The Kier molecular flexibility index (Phi) is 66.8. The fraction of sp³-hybridized carbons (Fsp3) is 0.947. The molecule has 0 aromatic heterocycles. The molecule has 3 N–H and O–H groups in total. The Morgan fingerprint density at radius 3 is 0.755 bits per heavy atom. The van der Waals surface area contributed by atoms with E-state index in [1.54, 1.807) is 0 Å². The number of carbonyl (C=O) groups excluding carboxylic acids is 4. The molecular formula is C75H146O17P2. The first-order chi connectivity index (χ1) is 45.6. The zero-order valence-corrected chi connectivity index (χ0v) is 62.9. The number of hydrogen-bond acceptors (Lipinski definition) is 15. The second-order valence-corrected chi connectivity index (χ2v) is 30.2. The lowest BCUT2D eigenvalue weighted by atomic mass is 9.99. The lowest BCUT2D eigenvalue weighted by molar-refractivity contribution is -0.161. The first-order valence-electron chi connectivity index (χ1n) is 39.2. The number of esters is 4. The van der Waals surface area contributed by atoms with E-state index in [9.17, 15) is 43.2 Å². The maximum absolute atomic E-state index is 13.1. The van der Waals surface area contributed by atoms with Crippen molar-refractivity contribution >= 4 is 39.5 Å². The van der Waals surface area contributed by atoms with Gasteiger partial charge in [0.15, 0.2) is 12.2 Å². The summed E-state index contributed by atoms with van der Waals surface area (Å²) in [6, 6.07) is 0. The monoisotopic (exact) mass is 1380 g/mol. The van der Waals surface area contributed by atoms with Gasteiger partial charge in [-0.05, 0) is 31.6 Å². The van der Waals surface area contributed by atoms with Crippen LogP contribution in [0.25, 0.3) is 0 Å². The minimum Gasteiger partial charge on any atom is -0.462 e. The van der Waals surface area contributed by atoms with Crippen molar-refractivity contribution in [3.05, 3.63) is 0 Å². The zero-order valence-electron chi connectivity index (χ0n) is 61.1. The standard InChI is InChI=1S/C75H146O17P2/c1-6-10-13-16-19-22-24-25-26-27-28-29-30-31-32-33-34-36-39-46-51-56-61-75(80)92-71(65-86-73(78)59-54-49-44-41-40-42-47-52-57-68(5)9-4)67-90-94(83,84)88-63-69(76)62-87-93(81,82)89-66-70(64-85-72(77)58-53-48-43-37-21-18-15-12-8-3)91-74(79)60-55-50-45-38-35-23-20-17-14-11-7-2/h68-71,76H,6-67H2,1-5H3,(H,81,82)(H,83,84)/t68?,69-,70+,71+/m0/s1. The van der Waals surface area contributed by atoms with Crippen LogP contribution in [0.5, 0.6) is 0 Å². The van der Waals surface area contributed by atoms with E-state index in [-0.39, 0.29) is 25.7 Å². The van der Waals surface area contributed by atoms with Crippen LogP contribution in [0.1, 0.15) is 394 Å². The number of ether oxygens (including phenoxy) is 4. The van der Waals surface area contributed by atoms with Crippen LogP contribution in [0.15, 0.2) is 0 Å². The lowest BCUT2D eigenvalue weighted by Gasteiger charge is -2.21. The van der Waals surface area contributed by atoms with E-state index in [2.05, 4.69) is 34.6 Å². The van der Waals surface area contributed by atoms with E-state index in [1.807, 2.05) is 0 Å². The van der Waals surface area contributed by atoms with Gasteiger partial charge in [0.2, 0.25) is 0 Å². The van der Waals surface area contributed by atoms with E-state index in [4.69, 9.17) is 37.0 Å². The molecule has 0 heterocycles. The molecule has 17 nitrogen and oxygen atoms in total. The van der Waals surface area contributed by atoms with Crippen molar-refractivity contribution in [2.45, 2.75) is 412 Å². The number of unbranched alkanes of at least 4 members (excludes halogenated alkanes) is 46. The highest BCUT2D eigenvalue weighted by Crippen LogP contribution is 2.45. The Morgan fingerprint density at radius 2 is 0.511 bits per heavy atom. The van der Waals surface area contributed by atoms with Crippen LogP contribution >= 0.6 is 15.6 Å². The highest BCUT2D eigenvalue weighted by Gasteiger charge is 2.30. The second kappa shape index (κ2) is 68.2. The summed E-state index contributed by atoms with van der Waals surface area (Å²) in [4.78, 5) is 72.6. The first kappa shape index (κ1) is 92.1. The molecule has 0 bridgehead atoms. The molecule has 0 aliphatic carbocycles. The van der Waals surface area contributed by atoms with Gasteiger partial charge in [-0.3, -0.25) is 37.3 Å². The Hall–Kier alpha value is -1.94. The summed E-state index contributed by atoms with van der Waals surface area (Å²) in [5.74, 6) is -1.34. The van der Waals surface area contributed by atoms with Crippen LogP contribution in [0.2, 0.25) is 0 Å². The quantitative estimate of drug-likeness (QED) is 0.0222. The molecule has 19 heteroatoms. The van der Waals surface area contributed by atoms with Gasteiger partial charge in [0.1, 0.15) is 19.3 Å². The molecule has 558 valence electrons. The highest BCUT2D eigenvalue weighted by atomic mass is 31.2. The van der Waals surface area contributed by atoms with Gasteiger partial charge < -0.3 is 33.8 Å². The Bertz CT molecular complexity index is 1810. The fourth-order valence-electron chi connectivity index (χ4n) is 11.5. The second-order valence-electron chi connectivity index (χ2n) is 27.3. The van der Waals surface area contributed by atoms with E-state index in [1.165, 1.54) is 218 Å².